The summed E-state index contributed by atoms with van der Waals surface area (Å²) in [5, 5.41) is 0. The van der Waals surface area contributed by atoms with E-state index in [1.807, 2.05) is 26.0 Å². The van der Waals surface area contributed by atoms with Gasteiger partial charge in [0, 0.05) is 12.1 Å². The van der Waals surface area contributed by atoms with E-state index in [1.54, 1.807) is 6.92 Å². The van der Waals surface area contributed by atoms with Crippen LogP contribution in [0.4, 0.5) is 0 Å². The lowest BCUT2D eigenvalue weighted by atomic mass is 10.0. The molecule has 0 unspecified atom stereocenters. The van der Waals surface area contributed by atoms with Crippen molar-refractivity contribution in [1.82, 2.24) is 0 Å². The van der Waals surface area contributed by atoms with Gasteiger partial charge in [0.15, 0.2) is 5.78 Å². The summed E-state index contributed by atoms with van der Waals surface area (Å²) in [6.07, 6.45) is 1.91. The van der Waals surface area contributed by atoms with Crippen molar-refractivity contribution in [3.63, 3.8) is 0 Å². The maximum absolute atomic E-state index is 11.5. The largest absolute Gasteiger partial charge is 0.402 e. The molecular formula is C13H17NO. The van der Waals surface area contributed by atoms with Gasteiger partial charge in [-0.3, -0.25) is 4.79 Å². The Hall–Kier alpha value is -1.57. The number of nitrogens with two attached hydrogens (primary N) is 1. The van der Waals surface area contributed by atoms with Crippen molar-refractivity contribution in [2.24, 2.45) is 5.73 Å². The molecule has 0 saturated heterocycles. The van der Waals surface area contributed by atoms with E-state index in [0.29, 0.717) is 12.1 Å². The Morgan fingerprint density at radius 1 is 1.27 bits per heavy atom. The minimum Gasteiger partial charge on any atom is -0.402 e. The summed E-state index contributed by atoms with van der Waals surface area (Å²) in [4.78, 5) is 11.5. The molecule has 2 N–H and O–H groups in total. The molecule has 80 valence electrons. The number of allylic oxidation sites excluding steroid dienone is 2. The number of carbonyl (C=O) groups is 1. The molecule has 0 fully saturated rings. The average Bonchev–Trinajstić information content (AvgIpc) is 1.98. The second kappa shape index (κ2) is 4.78. The molecule has 0 aromatic heterocycles. The first-order chi connectivity index (χ1) is 6.97. The summed E-state index contributed by atoms with van der Waals surface area (Å²) in [5.74, 6) is 0.0556. The fraction of sp³-hybridized carbons (Fsp3) is 0.308. The molecule has 0 amide bonds. The van der Waals surface area contributed by atoms with Gasteiger partial charge in [-0.25, -0.2) is 0 Å². The molecule has 1 aromatic carbocycles. The van der Waals surface area contributed by atoms with Crippen molar-refractivity contribution in [2.45, 2.75) is 27.2 Å². The predicted molar refractivity (Wildman–Crippen MR) is 62.6 cm³/mol. The molecule has 2 heteroatoms. The number of carbonyl (C=O) groups excluding carboxylic acids is 1. The Bertz CT molecular complexity index is 381. The number of hydrogen-bond acceptors (Lipinski definition) is 2. The molecule has 2 nitrogen and oxygen atoms in total. The summed E-state index contributed by atoms with van der Waals surface area (Å²) in [5.41, 5.74) is 9.43. The van der Waals surface area contributed by atoms with Gasteiger partial charge in [-0.2, -0.15) is 0 Å². The Balaban J connectivity index is 2.81. The van der Waals surface area contributed by atoms with Gasteiger partial charge in [0.05, 0.1) is 0 Å². The van der Waals surface area contributed by atoms with Crippen LogP contribution in [-0.4, -0.2) is 5.78 Å². The van der Waals surface area contributed by atoms with E-state index in [4.69, 9.17) is 5.73 Å². The highest BCUT2D eigenvalue weighted by Gasteiger charge is 2.01. The van der Waals surface area contributed by atoms with Crippen LogP contribution in [0.1, 0.15) is 23.6 Å². The molecule has 0 heterocycles. The summed E-state index contributed by atoms with van der Waals surface area (Å²) >= 11 is 0. The smallest absolute Gasteiger partial charge is 0.161 e. The van der Waals surface area contributed by atoms with Crippen LogP contribution < -0.4 is 5.73 Å². The van der Waals surface area contributed by atoms with Crippen LogP contribution in [0.5, 0.6) is 0 Å². The third kappa shape index (κ3) is 3.98. The zero-order chi connectivity index (χ0) is 11.4. The third-order valence-electron chi connectivity index (χ3n) is 2.05. The van der Waals surface area contributed by atoms with Crippen LogP contribution in [0.15, 0.2) is 30.0 Å². The fourth-order valence-electron chi connectivity index (χ4n) is 1.68. The molecule has 0 aliphatic carbocycles. The van der Waals surface area contributed by atoms with E-state index in [-0.39, 0.29) is 5.78 Å². The van der Waals surface area contributed by atoms with Gasteiger partial charge in [0.25, 0.3) is 0 Å². The van der Waals surface area contributed by atoms with Gasteiger partial charge >= 0.3 is 0 Å². The highest BCUT2D eigenvalue weighted by atomic mass is 16.1. The van der Waals surface area contributed by atoms with Gasteiger partial charge in [-0.05, 0) is 32.4 Å². The van der Waals surface area contributed by atoms with Crippen LogP contribution in [0.25, 0.3) is 0 Å². The van der Waals surface area contributed by atoms with Crippen LogP contribution in [0.3, 0.4) is 0 Å². The lowest BCUT2D eigenvalue weighted by Gasteiger charge is -2.02. The second-order valence-electron chi connectivity index (χ2n) is 4.03. The van der Waals surface area contributed by atoms with E-state index in [1.165, 1.54) is 17.2 Å². The van der Waals surface area contributed by atoms with Crippen molar-refractivity contribution in [2.75, 3.05) is 0 Å². The van der Waals surface area contributed by atoms with Crippen molar-refractivity contribution in [3.8, 4) is 0 Å². The summed E-state index contributed by atoms with van der Waals surface area (Å²) in [6.45, 7) is 5.79. The van der Waals surface area contributed by atoms with Gasteiger partial charge in [0.1, 0.15) is 0 Å². The minimum absolute atomic E-state index is 0.0556. The first-order valence-corrected chi connectivity index (χ1v) is 5.01. The topological polar surface area (TPSA) is 43.1 Å². The molecule has 0 saturated carbocycles. The van der Waals surface area contributed by atoms with E-state index >= 15 is 0 Å². The molecule has 1 aromatic rings. The molecule has 0 bridgehead atoms. The number of aryl methyl sites for hydroxylation is 2. The number of benzene rings is 1. The predicted octanol–water partition coefficient (Wildman–Crippen LogP) is 2.28. The Labute approximate surface area is 90.8 Å². The molecule has 15 heavy (non-hydrogen) atoms. The summed E-state index contributed by atoms with van der Waals surface area (Å²) in [6, 6.07) is 6.16. The SMILES string of the molecule is C/C(N)=C/C(=O)Cc1cc(C)cc(C)c1. The lowest BCUT2D eigenvalue weighted by molar-refractivity contribution is -0.114. The standard InChI is InChI=1S/C13H17NO/c1-9-4-10(2)6-12(5-9)8-13(15)7-11(3)14/h4-7H,8,14H2,1-3H3/b11-7-. The number of rotatable bonds is 3. The van der Waals surface area contributed by atoms with Crippen molar-refractivity contribution in [1.29, 1.82) is 0 Å². The zero-order valence-electron chi connectivity index (χ0n) is 9.50. The van der Waals surface area contributed by atoms with Crippen LogP contribution in [0, 0.1) is 13.8 Å². The number of ketones is 1. The maximum Gasteiger partial charge on any atom is 0.161 e. The van der Waals surface area contributed by atoms with E-state index in [9.17, 15) is 4.79 Å². The highest BCUT2D eigenvalue weighted by Crippen LogP contribution is 2.10. The monoisotopic (exact) mass is 203 g/mol. The van der Waals surface area contributed by atoms with Crippen LogP contribution in [0.2, 0.25) is 0 Å². The van der Waals surface area contributed by atoms with E-state index in [2.05, 4.69) is 6.07 Å². The van der Waals surface area contributed by atoms with Gasteiger partial charge in [0.2, 0.25) is 0 Å². The minimum atomic E-state index is 0.0556. The Kier molecular flexibility index (Phi) is 3.67. The molecule has 0 atom stereocenters. The van der Waals surface area contributed by atoms with Crippen molar-refractivity contribution in [3.05, 3.63) is 46.7 Å². The molecule has 0 aliphatic heterocycles. The van der Waals surface area contributed by atoms with Gasteiger partial charge in [-0.1, -0.05) is 29.3 Å². The van der Waals surface area contributed by atoms with Crippen molar-refractivity contribution >= 4 is 5.78 Å². The number of hydrogen-bond donors (Lipinski definition) is 1. The summed E-state index contributed by atoms with van der Waals surface area (Å²) in [7, 11) is 0. The fourth-order valence-corrected chi connectivity index (χ4v) is 1.68. The maximum atomic E-state index is 11.5. The normalized spacial score (nSPS) is 11.5. The highest BCUT2D eigenvalue weighted by molar-refractivity contribution is 5.91. The summed E-state index contributed by atoms with van der Waals surface area (Å²) < 4.78 is 0. The zero-order valence-corrected chi connectivity index (χ0v) is 9.50. The van der Waals surface area contributed by atoms with Gasteiger partial charge < -0.3 is 5.73 Å². The second-order valence-corrected chi connectivity index (χ2v) is 4.03. The first kappa shape index (κ1) is 11.5. The third-order valence-corrected chi connectivity index (χ3v) is 2.05. The van der Waals surface area contributed by atoms with E-state index < -0.39 is 0 Å². The quantitative estimate of drug-likeness (QED) is 0.766. The van der Waals surface area contributed by atoms with Crippen LogP contribution >= 0.6 is 0 Å². The van der Waals surface area contributed by atoms with Crippen molar-refractivity contribution < 1.29 is 4.79 Å². The molecule has 0 radical (unpaired) electrons. The first-order valence-electron chi connectivity index (χ1n) is 5.01. The average molecular weight is 203 g/mol. The molecule has 0 aliphatic rings. The lowest BCUT2D eigenvalue weighted by Crippen LogP contribution is -2.03. The molecule has 1 rings (SSSR count). The molecule has 0 spiro atoms. The Morgan fingerprint density at radius 2 is 1.80 bits per heavy atom. The van der Waals surface area contributed by atoms with Crippen LogP contribution in [-0.2, 0) is 11.2 Å². The molecular weight excluding hydrogens is 186 g/mol. The Morgan fingerprint density at radius 3 is 2.27 bits per heavy atom. The van der Waals surface area contributed by atoms with Gasteiger partial charge in [-0.15, -0.1) is 0 Å². The van der Waals surface area contributed by atoms with E-state index in [0.717, 1.165) is 5.56 Å².